The van der Waals surface area contributed by atoms with Gasteiger partial charge < -0.3 is 4.74 Å². The van der Waals surface area contributed by atoms with Gasteiger partial charge in [0, 0.05) is 11.1 Å². The molecule has 118 valence electrons. The van der Waals surface area contributed by atoms with Gasteiger partial charge in [-0.1, -0.05) is 42.5 Å². The van der Waals surface area contributed by atoms with Crippen LogP contribution in [-0.2, 0) is 6.61 Å². The Morgan fingerprint density at radius 1 is 0.708 bits per heavy atom. The average molecular weight is 316 g/mol. The maximum atomic E-state index is 11.0. The van der Waals surface area contributed by atoms with Crippen molar-refractivity contribution in [1.82, 2.24) is 0 Å². The van der Waals surface area contributed by atoms with Gasteiger partial charge in [0.05, 0.1) is 0 Å². The number of carbonyl (C=O) groups is 2. The van der Waals surface area contributed by atoms with Crippen molar-refractivity contribution in [2.75, 3.05) is 0 Å². The molecule has 0 aliphatic carbocycles. The normalized spacial score (nSPS) is 10.2. The van der Waals surface area contributed by atoms with Crippen LogP contribution in [0.25, 0.3) is 11.1 Å². The van der Waals surface area contributed by atoms with Crippen LogP contribution >= 0.6 is 0 Å². The lowest BCUT2D eigenvalue weighted by molar-refractivity contribution is 0.112. The highest BCUT2D eigenvalue weighted by molar-refractivity contribution is 5.86. The van der Waals surface area contributed by atoms with Gasteiger partial charge in [-0.15, -0.1) is 0 Å². The predicted molar refractivity (Wildman–Crippen MR) is 93.4 cm³/mol. The Hall–Kier alpha value is -3.20. The fraction of sp³-hybridized carbons (Fsp3) is 0.0476. The lowest BCUT2D eigenvalue weighted by Gasteiger charge is -2.09. The van der Waals surface area contributed by atoms with Crippen molar-refractivity contribution in [3.63, 3.8) is 0 Å². The fourth-order valence-corrected chi connectivity index (χ4v) is 2.49. The number of carbonyl (C=O) groups excluding carboxylic acids is 2. The molecule has 0 unspecified atom stereocenters. The number of hydrogen-bond acceptors (Lipinski definition) is 3. The first-order valence-electron chi connectivity index (χ1n) is 7.61. The summed E-state index contributed by atoms with van der Waals surface area (Å²) in [6, 6.07) is 22.6. The summed E-state index contributed by atoms with van der Waals surface area (Å²) in [5.41, 5.74) is 3.75. The van der Waals surface area contributed by atoms with E-state index in [2.05, 4.69) is 0 Å². The first-order valence-corrected chi connectivity index (χ1v) is 7.61. The average Bonchev–Trinajstić information content (AvgIpc) is 2.67. The van der Waals surface area contributed by atoms with Crippen molar-refractivity contribution in [2.45, 2.75) is 6.61 Å². The van der Waals surface area contributed by atoms with E-state index in [4.69, 9.17) is 4.74 Å². The largest absolute Gasteiger partial charge is 0.489 e. The van der Waals surface area contributed by atoms with Gasteiger partial charge in [-0.2, -0.15) is 0 Å². The molecule has 3 aromatic carbocycles. The van der Waals surface area contributed by atoms with Gasteiger partial charge in [-0.25, -0.2) is 0 Å². The molecule has 0 aliphatic heterocycles. The molecule has 24 heavy (non-hydrogen) atoms. The van der Waals surface area contributed by atoms with Gasteiger partial charge in [-0.05, 0) is 47.0 Å². The first-order chi connectivity index (χ1) is 11.8. The van der Waals surface area contributed by atoms with Crippen LogP contribution in [0.3, 0.4) is 0 Å². The Balaban J connectivity index is 1.85. The Bertz CT molecular complexity index is 828. The molecule has 0 aliphatic rings. The molecule has 3 heteroatoms. The molecule has 0 radical (unpaired) electrons. The van der Waals surface area contributed by atoms with E-state index in [0.717, 1.165) is 35.0 Å². The van der Waals surface area contributed by atoms with Crippen molar-refractivity contribution < 1.29 is 14.3 Å². The SMILES string of the molecule is O=Cc1cc(C=O)cc(-c2cccc(OCc3ccccc3)c2)c1. The van der Waals surface area contributed by atoms with Crippen molar-refractivity contribution in [3.05, 3.63) is 89.5 Å². The molecule has 0 N–H and O–H groups in total. The van der Waals surface area contributed by atoms with Crippen LogP contribution in [0, 0.1) is 0 Å². The zero-order valence-corrected chi connectivity index (χ0v) is 13.0. The van der Waals surface area contributed by atoms with Gasteiger partial charge in [0.1, 0.15) is 24.9 Å². The third-order valence-corrected chi connectivity index (χ3v) is 3.67. The molecule has 0 heterocycles. The summed E-state index contributed by atoms with van der Waals surface area (Å²) in [6.45, 7) is 0.484. The second-order valence-electron chi connectivity index (χ2n) is 5.43. The molecule has 0 amide bonds. The van der Waals surface area contributed by atoms with E-state index in [9.17, 15) is 9.59 Å². The highest BCUT2D eigenvalue weighted by atomic mass is 16.5. The van der Waals surface area contributed by atoms with Crippen molar-refractivity contribution in [2.24, 2.45) is 0 Å². The Morgan fingerprint density at radius 2 is 1.42 bits per heavy atom. The molecule has 0 aromatic heterocycles. The molecule has 0 atom stereocenters. The van der Waals surface area contributed by atoms with Gasteiger partial charge in [-0.3, -0.25) is 9.59 Å². The third-order valence-electron chi connectivity index (χ3n) is 3.67. The fourth-order valence-electron chi connectivity index (χ4n) is 2.49. The number of aldehydes is 2. The van der Waals surface area contributed by atoms with Crippen LogP contribution in [-0.4, -0.2) is 12.6 Å². The van der Waals surface area contributed by atoms with Crippen molar-refractivity contribution >= 4 is 12.6 Å². The standard InChI is InChI=1S/C21H16O3/c22-13-17-9-18(14-23)11-20(10-17)19-7-4-8-21(12-19)24-15-16-5-2-1-3-6-16/h1-14H,15H2. The first kappa shape index (κ1) is 15.7. The van der Waals surface area contributed by atoms with Crippen molar-refractivity contribution in [1.29, 1.82) is 0 Å². The summed E-state index contributed by atoms with van der Waals surface area (Å²) in [5, 5.41) is 0. The molecule has 3 aromatic rings. The van der Waals surface area contributed by atoms with Crippen LogP contribution in [0.1, 0.15) is 26.3 Å². The maximum Gasteiger partial charge on any atom is 0.150 e. The van der Waals surface area contributed by atoms with E-state index >= 15 is 0 Å². The number of rotatable bonds is 6. The second kappa shape index (κ2) is 7.38. The van der Waals surface area contributed by atoms with E-state index < -0.39 is 0 Å². The Kier molecular flexibility index (Phi) is 4.82. The van der Waals surface area contributed by atoms with Crippen LogP contribution in [0.2, 0.25) is 0 Å². The van der Waals surface area contributed by atoms with Crippen LogP contribution in [0.5, 0.6) is 5.75 Å². The number of ether oxygens (including phenoxy) is 1. The lowest BCUT2D eigenvalue weighted by atomic mass is 10.0. The summed E-state index contributed by atoms with van der Waals surface area (Å²) >= 11 is 0. The number of hydrogen-bond donors (Lipinski definition) is 0. The number of benzene rings is 3. The van der Waals surface area contributed by atoms with Gasteiger partial charge in [0.2, 0.25) is 0 Å². The van der Waals surface area contributed by atoms with E-state index in [1.54, 1.807) is 18.2 Å². The zero-order valence-electron chi connectivity index (χ0n) is 13.0. The van der Waals surface area contributed by atoms with Gasteiger partial charge >= 0.3 is 0 Å². The molecule has 3 rings (SSSR count). The van der Waals surface area contributed by atoms with Gasteiger partial charge in [0.15, 0.2) is 0 Å². The molecule has 0 saturated carbocycles. The van der Waals surface area contributed by atoms with Crippen LogP contribution < -0.4 is 4.74 Å². The highest BCUT2D eigenvalue weighted by Gasteiger charge is 2.05. The molecule has 0 spiro atoms. The topological polar surface area (TPSA) is 43.4 Å². The predicted octanol–water partition coefficient (Wildman–Crippen LogP) is 4.56. The van der Waals surface area contributed by atoms with E-state index in [1.165, 1.54) is 0 Å². The van der Waals surface area contributed by atoms with Crippen LogP contribution in [0.15, 0.2) is 72.8 Å². The molecule has 3 nitrogen and oxygen atoms in total. The smallest absolute Gasteiger partial charge is 0.150 e. The van der Waals surface area contributed by atoms with Crippen molar-refractivity contribution in [3.8, 4) is 16.9 Å². The Morgan fingerprint density at radius 3 is 2.08 bits per heavy atom. The maximum absolute atomic E-state index is 11.0. The molecule has 0 fully saturated rings. The summed E-state index contributed by atoms with van der Waals surface area (Å²) in [6.07, 6.45) is 1.48. The molecule has 0 bridgehead atoms. The molecular formula is C21H16O3. The summed E-state index contributed by atoms with van der Waals surface area (Å²) < 4.78 is 5.83. The third kappa shape index (κ3) is 3.76. The summed E-state index contributed by atoms with van der Waals surface area (Å²) in [7, 11) is 0. The molecule has 0 saturated heterocycles. The second-order valence-corrected chi connectivity index (χ2v) is 5.43. The van der Waals surface area contributed by atoms with Crippen LogP contribution in [0.4, 0.5) is 0 Å². The Labute approximate surface area is 140 Å². The summed E-state index contributed by atoms with van der Waals surface area (Å²) in [4.78, 5) is 22.1. The lowest BCUT2D eigenvalue weighted by Crippen LogP contribution is -1.95. The zero-order chi connectivity index (χ0) is 16.8. The molecular weight excluding hydrogens is 300 g/mol. The van der Waals surface area contributed by atoms with Gasteiger partial charge in [0.25, 0.3) is 0 Å². The minimum Gasteiger partial charge on any atom is -0.489 e. The highest BCUT2D eigenvalue weighted by Crippen LogP contribution is 2.26. The monoisotopic (exact) mass is 316 g/mol. The quantitative estimate of drug-likeness (QED) is 0.626. The van der Waals surface area contributed by atoms with E-state index in [1.807, 2.05) is 54.6 Å². The minimum atomic E-state index is 0.477. The van der Waals surface area contributed by atoms with E-state index in [0.29, 0.717) is 17.7 Å². The summed E-state index contributed by atoms with van der Waals surface area (Å²) in [5.74, 6) is 0.737. The van der Waals surface area contributed by atoms with E-state index in [-0.39, 0.29) is 0 Å². The minimum absolute atomic E-state index is 0.477.